The third kappa shape index (κ3) is 4.14. The van der Waals surface area contributed by atoms with Gasteiger partial charge in [0.05, 0.1) is 4.92 Å². The summed E-state index contributed by atoms with van der Waals surface area (Å²) in [4.78, 5) is 10.5. The molecule has 1 N–H and O–H groups in total. The van der Waals surface area contributed by atoms with Crippen LogP contribution in [0.25, 0.3) is 0 Å². The van der Waals surface area contributed by atoms with Crippen molar-refractivity contribution in [3.05, 3.63) is 33.9 Å². The third-order valence-electron chi connectivity index (χ3n) is 2.24. The van der Waals surface area contributed by atoms with Crippen molar-refractivity contribution < 1.29 is 9.13 Å². The van der Waals surface area contributed by atoms with Crippen molar-refractivity contribution in [1.82, 2.24) is 0 Å². The van der Waals surface area contributed by atoms with Gasteiger partial charge in [0.2, 0.25) is 0 Å². The molecule has 2 unspecified atom stereocenters. The first-order chi connectivity index (χ1) is 7.90. The molecule has 0 saturated heterocycles. The average molecular weight is 256 g/mol. The first-order valence-corrected chi connectivity index (χ1v) is 6.94. The fraction of sp³-hybridized carbons (Fsp3) is 0.455. The summed E-state index contributed by atoms with van der Waals surface area (Å²) >= 11 is 0. The highest BCUT2D eigenvalue weighted by atomic mass is 32.2. The summed E-state index contributed by atoms with van der Waals surface area (Å²) in [5.41, 5.74) is 1.37. The van der Waals surface area contributed by atoms with Gasteiger partial charge in [-0.25, -0.2) is 0 Å². The van der Waals surface area contributed by atoms with Crippen LogP contribution in [0.3, 0.4) is 0 Å². The number of rotatable bonds is 5. The fourth-order valence-electron chi connectivity index (χ4n) is 1.57. The number of nitro benzene ring substituents is 1. The molecule has 1 aromatic rings. The maximum Gasteiger partial charge on any atom is 0.292 e. The van der Waals surface area contributed by atoms with E-state index in [1.54, 1.807) is 19.2 Å². The second-order valence-electron chi connectivity index (χ2n) is 4.06. The molecule has 94 valence electrons. The summed E-state index contributed by atoms with van der Waals surface area (Å²) in [6, 6.07) is 4.95. The maximum absolute atomic E-state index is 11.1. The molecule has 0 aliphatic rings. The monoisotopic (exact) mass is 256 g/mol. The number of hydrogen-bond acceptors (Lipinski definition) is 4. The molecular weight excluding hydrogens is 240 g/mol. The lowest BCUT2D eigenvalue weighted by Gasteiger charge is -2.14. The number of nitrogens with zero attached hydrogens (tertiary/aromatic N) is 1. The zero-order valence-corrected chi connectivity index (χ0v) is 10.9. The molecule has 2 atom stereocenters. The molecule has 1 aromatic carbocycles. The van der Waals surface area contributed by atoms with Gasteiger partial charge in [-0.05, 0) is 25.5 Å². The summed E-state index contributed by atoms with van der Waals surface area (Å²) in [7, 11) is -0.923. The Morgan fingerprint density at radius 1 is 1.53 bits per heavy atom. The minimum Gasteiger partial charge on any atom is -0.376 e. The van der Waals surface area contributed by atoms with Crippen LogP contribution in [-0.2, 0) is 10.8 Å². The molecule has 0 aliphatic heterocycles. The van der Waals surface area contributed by atoms with Gasteiger partial charge in [-0.2, -0.15) is 0 Å². The number of hydrogen-bond donors (Lipinski definition) is 1. The smallest absolute Gasteiger partial charge is 0.292 e. The highest BCUT2D eigenvalue weighted by Crippen LogP contribution is 2.25. The SMILES string of the molecule is Cc1ccc(NC(C)CS(C)=O)c([N+](=O)[O-])c1. The Labute approximate surface area is 103 Å². The van der Waals surface area contributed by atoms with E-state index in [4.69, 9.17) is 0 Å². The van der Waals surface area contributed by atoms with Gasteiger partial charge >= 0.3 is 0 Å². The summed E-state index contributed by atoms with van der Waals surface area (Å²) in [5, 5.41) is 13.9. The average Bonchev–Trinajstić information content (AvgIpc) is 2.19. The number of benzene rings is 1. The molecule has 0 spiro atoms. The summed E-state index contributed by atoms with van der Waals surface area (Å²) in [5.74, 6) is 0.463. The molecule has 0 heterocycles. The van der Waals surface area contributed by atoms with E-state index in [0.717, 1.165) is 5.56 Å². The standard InChI is InChI=1S/C11H16N2O3S/c1-8-4-5-10(11(6-8)13(14)15)12-9(2)7-17(3)16/h4-6,9,12H,7H2,1-3H3. The van der Waals surface area contributed by atoms with Gasteiger partial charge < -0.3 is 5.32 Å². The fourth-order valence-corrected chi connectivity index (χ4v) is 2.36. The van der Waals surface area contributed by atoms with Crippen molar-refractivity contribution in [2.45, 2.75) is 19.9 Å². The largest absolute Gasteiger partial charge is 0.376 e. The van der Waals surface area contributed by atoms with Gasteiger partial charge in [0.1, 0.15) is 5.69 Å². The van der Waals surface area contributed by atoms with Crippen LogP contribution >= 0.6 is 0 Å². The minimum absolute atomic E-state index is 0.0544. The molecule has 0 aromatic heterocycles. The van der Waals surface area contributed by atoms with E-state index >= 15 is 0 Å². The highest BCUT2D eigenvalue weighted by Gasteiger charge is 2.15. The van der Waals surface area contributed by atoms with E-state index in [-0.39, 0.29) is 11.7 Å². The Balaban J connectivity index is 2.90. The summed E-state index contributed by atoms with van der Waals surface area (Å²) < 4.78 is 11.1. The molecule has 0 aliphatic carbocycles. The first-order valence-electron chi connectivity index (χ1n) is 5.21. The van der Waals surface area contributed by atoms with Gasteiger partial charge in [0.25, 0.3) is 5.69 Å². The molecule has 0 fully saturated rings. The maximum atomic E-state index is 11.1. The molecule has 0 amide bonds. The number of aryl methyl sites for hydroxylation is 1. The van der Waals surface area contributed by atoms with Crippen LogP contribution in [0.4, 0.5) is 11.4 Å². The number of nitro groups is 1. The van der Waals surface area contributed by atoms with E-state index in [1.807, 2.05) is 13.0 Å². The van der Waals surface area contributed by atoms with E-state index < -0.39 is 15.7 Å². The van der Waals surface area contributed by atoms with Gasteiger partial charge in [-0.1, -0.05) is 6.07 Å². The second-order valence-corrected chi connectivity index (χ2v) is 5.54. The zero-order valence-electron chi connectivity index (χ0n) is 10.1. The molecule has 17 heavy (non-hydrogen) atoms. The van der Waals surface area contributed by atoms with E-state index in [2.05, 4.69) is 5.32 Å². The topological polar surface area (TPSA) is 72.2 Å². The van der Waals surface area contributed by atoms with Crippen molar-refractivity contribution in [2.75, 3.05) is 17.3 Å². The van der Waals surface area contributed by atoms with Crippen LogP contribution in [0.2, 0.25) is 0 Å². The molecule has 5 nitrogen and oxygen atoms in total. The van der Waals surface area contributed by atoms with Crippen LogP contribution in [-0.4, -0.2) is 27.2 Å². The Kier molecular flexibility index (Phi) is 4.62. The molecule has 6 heteroatoms. The van der Waals surface area contributed by atoms with Crippen LogP contribution in [0, 0.1) is 17.0 Å². The Morgan fingerprint density at radius 3 is 2.71 bits per heavy atom. The van der Waals surface area contributed by atoms with Crippen LogP contribution in [0.5, 0.6) is 0 Å². The van der Waals surface area contributed by atoms with Crippen molar-refractivity contribution >= 4 is 22.2 Å². The lowest BCUT2D eigenvalue weighted by atomic mass is 10.2. The van der Waals surface area contributed by atoms with Crippen molar-refractivity contribution in [2.24, 2.45) is 0 Å². The Hall–Kier alpha value is -1.43. The van der Waals surface area contributed by atoms with E-state index in [1.165, 1.54) is 6.07 Å². The van der Waals surface area contributed by atoms with Gasteiger partial charge in [-0.3, -0.25) is 14.3 Å². The zero-order chi connectivity index (χ0) is 13.0. The van der Waals surface area contributed by atoms with Crippen molar-refractivity contribution in [3.63, 3.8) is 0 Å². The third-order valence-corrected chi connectivity index (χ3v) is 3.21. The van der Waals surface area contributed by atoms with Gasteiger partial charge in [0, 0.05) is 34.9 Å². The molecule has 1 rings (SSSR count). The Morgan fingerprint density at radius 2 is 2.18 bits per heavy atom. The Bertz CT molecular complexity index is 448. The molecular formula is C11H16N2O3S. The van der Waals surface area contributed by atoms with Gasteiger partial charge in [-0.15, -0.1) is 0 Å². The molecule has 0 radical (unpaired) electrons. The quantitative estimate of drug-likeness (QED) is 0.646. The normalized spacial score (nSPS) is 14.1. The van der Waals surface area contributed by atoms with Crippen LogP contribution < -0.4 is 5.32 Å². The van der Waals surface area contributed by atoms with Crippen molar-refractivity contribution in [3.8, 4) is 0 Å². The van der Waals surface area contributed by atoms with Crippen LogP contribution in [0.15, 0.2) is 18.2 Å². The lowest BCUT2D eigenvalue weighted by molar-refractivity contribution is -0.384. The first kappa shape index (κ1) is 13.6. The van der Waals surface area contributed by atoms with E-state index in [9.17, 15) is 14.3 Å². The predicted molar refractivity (Wildman–Crippen MR) is 69.9 cm³/mol. The molecule has 0 saturated carbocycles. The highest BCUT2D eigenvalue weighted by molar-refractivity contribution is 7.84. The van der Waals surface area contributed by atoms with Crippen LogP contribution in [0.1, 0.15) is 12.5 Å². The number of anilines is 1. The van der Waals surface area contributed by atoms with E-state index in [0.29, 0.717) is 11.4 Å². The second kappa shape index (κ2) is 5.77. The summed E-state index contributed by atoms with van der Waals surface area (Å²) in [6.45, 7) is 3.66. The number of nitrogens with one attached hydrogen (secondary N) is 1. The van der Waals surface area contributed by atoms with Crippen molar-refractivity contribution in [1.29, 1.82) is 0 Å². The minimum atomic E-state index is -0.923. The summed E-state index contributed by atoms with van der Waals surface area (Å²) in [6.07, 6.45) is 1.61. The van der Waals surface area contributed by atoms with Gasteiger partial charge in [0.15, 0.2) is 0 Å². The lowest BCUT2D eigenvalue weighted by Crippen LogP contribution is -2.22. The predicted octanol–water partition coefficient (Wildman–Crippen LogP) is 2.08. The molecule has 0 bridgehead atoms.